The fourth-order valence-corrected chi connectivity index (χ4v) is 4.42. The number of thioether (sulfide) groups is 1. The number of carbonyl (C=O) groups is 1. The highest BCUT2D eigenvalue weighted by atomic mass is 32.2. The van der Waals surface area contributed by atoms with Crippen LogP contribution in [0.15, 0.2) is 45.0 Å². The molecule has 0 radical (unpaired) electrons. The Bertz CT molecular complexity index is 783. The summed E-state index contributed by atoms with van der Waals surface area (Å²) in [6, 6.07) is 5.15. The van der Waals surface area contributed by atoms with E-state index in [1.165, 1.54) is 0 Å². The summed E-state index contributed by atoms with van der Waals surface area (Å²) in [5.74, 6) is 2.64. The molecule has 8 heteroatoms. The van der Waals surface area contributed by atoms with Gasteiger partial charge in [0.1, 0.15) is 5.01 Å². The molecule has 1 fully saturated rings. The van der Waals surface area contributed by atoms with Gasteiger partial charge in [-0.2, -0.15) is 11.8 Å². The summed E-state index contributed by atoms with van der Waals surface area (Å²) in [6.45, 7) is 0.677. The van der Waals surface area contributed by atoms with Crippen LogP contribution in [0.2, 0.25) is 0 Å². The molecule has 0 spiro atoms. The standard InChI is InChI=1S/C15H13N3O3S2/c19-15(10-8-13(21-17-10)12-2-1-5-20-12)18-4-7-22-9-11(18)14-16-3-6-23-14/h1-3,5-6,8,11H,4,7,9H2. The average Bonchev–Trinajstić information content (AvgIpc) is 3.35. The zero-order chi connectivity index (χ0) is 15.6. The van der Waals surface area contributed by atoms with Crippen LogP contribution in [-0.4, -0.2) is 39.0 Å². The van der Waals surface area contributed by atoms with Gasteiger partial charge >= 0.3 is 0 Å². The van der Waals surface area contributed by atoms with E-state index >= 15 is 0 Å². The van der Waals surface area contributed by atoms with Crippen molar-refractivity contribution >= 4 is 29.0 Å². The van der Waals surface area contributed by atoms with Gasteiger partial charge in [-0.05, 0) is 12.1 Å². The summed E-state index contributed by atoms with van der Waals surface area (Å²) in [4.78, 5) is 19.0. The second kappa shape index (κ2) is 6.21. The molecule has 3 aromatic heterocycles. The minimum absolute atomic E-state index is 0.00925. The van der Waals surface area contributed by atoms with Crippen LogP contribution in [0.4, 0.5) is 0 Å². The molecule has 0 bridgehead atoms. The normalized spacial score (nSPS) is 18.3. The van der Waals surface area contributed by atoms with Gasteiger partial charge in [-0.1, -0.05) is 5.16 Å². The van der Waals surface area contributed by atoms with Crippen LogP contribution in [0.25, 0.3) is 11.5 Å². The Hall–Kier alpha value is -2.06. The van der Waals surface area contributed by atoms with Gasteiger partial charge in [0.15, 0.2) is 11.5 Å². The molecule has 6 nitrogen and oxygen atoms in total. The first-order valence-corrected chi connectivity index (χ1v) is 9.15. The number of aromatic nitrogens is 2. The Balaban J connectivity index is 1.60. The van der Waals surface area contributed by atoms with E-state index in [-0.39, 0.29) is 11.9 Å². The van der Waals surface area contributed by atoms with Crippen molar-refractivity contribution in [2.45, 2.75) is 6.04 Å². The van der Waals surface area contributed by atoms with E-state index in [0.717, 1.165) is 16.5 Å². The van der Waals surface area contributed by atoms with Gasteiger partial charge in [-0.15, -0.1) is 11.3 Å². The van der Waals surface area contributed by atoms with Crippen LogP contribution in [-0.2, 0) is 0 Å². The van der Waals surface area contributed by atoms with Crippen molar-refractivity contribution in [3.63, 3.8) is 0 Å². The molecule has 0 saturated carbocycles. The lowest BCUT2D eigenvalue weighted by Gasteiger charge is -2.33. The number of hydrogen-bond donors (Lipinski definition) is 0. The monoisotopic (exact) mass is 347 g/mol. The minimum Gasteiger partial charge on any atom is -0.461 e. The first-order valence-electron chi connectivity index (χ1n) is 7.11. The summed E-state index contributed by atoms with van der Waals surface area (Å²) in [5, 5.41) is 6.80. The van der Waals surface area contributed by atoms with E-state index in [9.17, 15) is 4.79 Å². The molecular formula is C15H13N3O3S2. The Morgan fingerprint density at radius 1 is 1.39 bits per heavy atom. The van der Waals surface area contributed by atoms with Crippen molar-refractivity contribution in [2.24, 2.45) is 0 Å². The van der Waals surface area contributed by atoms with Crippen molar-refractivity contribution in [1.82, 2.24) is 15.0 Å². The quantitative estimate of drug-likeness (QED) is 0.724. The van der Waals surface area contributed by atoms with Gasteiger partial charge in [0.25, 0.3) is 5.91 Å². The lowest BCUT2D eigenvalue weighted by atomic mass is 10.2. The summed E-state index contributed by atoms with van der Waals surface area (Å²) >= 11 is 3.41. The molecule has 1 atom stereocenters. The Morgan fingerprint density at radius 2 is 2.35 bits per heavy atom. The molecule has 4 heterocycles. The molecule has 1 aliphatic heterocycles. The first-order chi connectivity index (χ1) is 11.3. The van der Waals surface area contributed by atoms with Crippen LogP contribution in [0.3, 0.4) is 0 Å². The third-order valence-electron chi connectivity index (χ3n) is 3.62. The minimum atomic E-state index is -0.132. The maximum atomic E-state index is 12.8. The summed E-state index contributed by atoms with van der Waals surface area (Å²) in [5.41, 5.74) is 0.296. The molecule has 1 saturated heterocycles. The third-order valence-corrected chi connectivity index (χ3v) is 5.52. The molecule has 0 aromatic carbocycles. The topological polar surface area (TPSA) is 72.4 Å². The van der Waals surface area contributed by atoms with Crippen LogP contribution in [0.1, 0.15) is 21.5 Å². The van der Waals surface area contributed by atoms with Crippen molar-refractivity contribution in [1.29, 1.82) is 0 Å². The number of thiazole rings is 1. The zero-order valence-corrected chi connectivity index (χ0v) is 13.7. The third kappa shape index (κ3) is 2.79. The van der Waals surface area contributed by atoms with Gasteiger partial charge in [0, 0.05) is 35.7 Å². The molecule has 0 N–H and O–H groups in total. The average molecular weight is 347 g/mol. The molecule has 0 aliphatic carbocycles. The van der Waals surface area contributed by atoms with E-state index in [4.69, 9.17) is 8.94 Å². The first kappa shape index (κ1) is 14.5. The van der Waals surface area contributed by atoms with E-state index < -0.39 is 0 Å². The second-order valence-electron chi connectivity index (χ2n) is 5.01. The van der Waals surface area contributed by atoms with Crippen LogP contribution >= 0.6 is 23.1 Å². The van der Waals surface area contributed by atoms with Crippen molar-refractivity contribution in [2.75, 3.05) is 18.1 Å². The van der Waals surface area contributed by atoms with E-state index in [0.29, 0.717) is 23.8 Å². The predicted octanol–water partition coefficient (Wildman–Crippen LogP) is 3.32. The van der Waals surface area contributed by atoms with E-state index in [1.54, 1.807) is 42.0 Å². The molecule has 118 valence electrons. The van der Waals surface area contributed by atoms with Crippen molar-refractivity contribution in [3.8, 4) is 11.5 Å². The van der Waals surface area contributed by atoms with Crippen molar-refractivity contribution < 1.29 is 13.7 Å². The number of amides is 1. The number of furan rings is 1. The van der Waals surface area contributed by atoms with E-state index in [2.05, 4.69) is 10.1 Å². The van der Waals surface area contributed by atoms with Crippen LogP contribution in [0.5, 0.6) is 0 Å². The highest BCUT2D eigenvalue weighted by molar-refractivity contribution is 7.99. The molecule has 1 aliphatic rings. The van der Waals surface area contributed by atoms with E-state index in [1.807, 2.05) is 22.0 Å². The van der Waals surface area contributed by atoms with Gasteiger partial charge in [0.05, 0.1) is 12.3 Å². The fraction of sp³-hybridized carbons (Fsp3) is 0.267. The Kier molecular flexibility index (Phi) is 3.92. The predicted molar refractivity (Wildman–Crippen MR) is 87.4 cm³/mol. The summed E-state index contributed by atoms with van der Waals surface area (Å²) < 4.78 is 10.5. The molecule has 4 rings (SSSR count). The molecule has 1 unspecified atom stereocenters. The smallest absolute Gasteiger partial charge is 0.276 e. The maximum absolute atomic E-state index is 12.8. The van der Waals surface area contributed by atoms with Gasteiger partial charge in [0.2, 0.25) is 5.76 Å². The fourth-order valence-electron chi connectivity index (χ4n) is 2.51. The highest BCUT2D eigenvalue weighted by Gasteiger charge is 2.32. The van der Waals surface area contributed by atoms with Crippen LogP contribution in [0, 0.1) is 0 Å². The van der Waals surface area contributed by atoms with Crippen molar-refractivity contribution in [3.05, 3.63) is 46.7 Å². The highest BCUT2D eigenvalue weighted by Crippen LogP contribution is 2.32. The molecule has 23 heavy (non-hydrogen) atoms. The zero-order valence-electron chi connectivity index (χ0n) is 12.0. The lowest BCUT2D eigenvalue weighted by molar-refractivity contribution is 0.0690. The molecular weight excluding hydrogens is 334 g/mol. The number of carbonyl (C=O) groups excluding carboxylic acids is 1. The maximum Gasteiger partial charge on any atom is 0.276 e. The van der Waals surface area contributed by atoms with Gasteiger partial charge < -0.3 is 13.8 Å². The summed E-state index contributed by atoms with van der Waals surface area (Å²) in [7, 11) is 0. The number of hydrogen-bond acceptors (Lipinski definition) is 7. The SMILES string of the molecule is O=C(c1cc(-c2ccco2)on1)N1CCSCC1c1nccs1. The Labute approximate surface area is 140 Å². The van der Waals surface area contributed by atoms with Gasteiger partial charge in [-0.3, -0.25) is 4.79 Å². The lowest BCUT2D eigenvalue weighted by Crippen LogP contribution is -2.40. The largest absolute Gasteiger partial charge is 0.461 e. The van der Waals surface area contributed by atoms with Gasteiger partial charge in [-0.25, -0.2) is 4.98 Å². The number of nitrogens with zero attached hydrogens (tertiary/aromatic N) is 3. The number of rotatable bonds is 3. The van der Waals surface area contributed by atoms with Crippen LogP contribution < -0.4 is 0 Å². The molecule has 1 amide bonds. The second-order valence-corrected chi connectivity index (χ2v) is 7.09. The molecule has 3 aromatic rings. The summed E-state index contributed by atoms with van der Waals surface area (Å²) in [6.07, 6.45) is 3.33. The Morgan fingerprint density at radius 3 is 3.13 bits per heavy atom.